The van der Waals surface area contributed by atoms with E-state index in [1.807, 2.05) is 6.07 Å². The highest BCUT2D eigenvalue weighted by molar-refractivity contribution is 6.02. The number of benzene rings is 1. The summed E-state index contributed by atoms with van der Waals surface area (Å²) in [5.41, 5.74) is 1.66. The normalized spacial score (nSPS) is 13.8. The van der Waals surface area contributed by atoms with Crippen molar-refractivity contribution in [3.05, 3.63) is 60.3 Å². The molecule has 0 saturated heterocycles. The maximum atomic E-state index is 13.7. The number of carbonyl (C=O) groups excluding carboxylic acids is 1. The Bertz CT molecular complexity index is 1050. The van der Waals surface area contributed by atoms with Gasteiger partial charge in [0.15, 0.2) is 11.6 Å². The Morgan fingerprint density at radius 2 is 2.07 bits per heavy atom. The van der Waals surface area contributed by atoms with Crippen LogP contribution in [-0.2, 0) is 5.92 Å². The van der Waals surface area contributed by atoms with Crippen molar-refractivity contribution >= 4 is 23.4 Å². The number of nitrogens with zero attached hydrogens (tertiary/aromatic N) is 4. The maximum Gasteiger partial charge on any atom is 0.328 e. The summed E-state index contributed by atoms with van der Waals surface area (Å²) in [4.78, 5) is 19.0. The molecule has 0 atom stereocenters. The van der Waals surface area contributed by atoms with Crippen LogP contribution in [0.4, 0.5) is 30.9 Å². The molecule has 9 heteroatoms. The van der Waals surface area contributed by atoms with E-state index in [-0.39, 0.29) is 11.6 Å². The lowest BCUT2D eigenvalue weighted by Crippen LogP contribution is -2.36. The van der Waals surface area contributed by atoms with Crippen molar-refractivity contribution in [1.82, 2.24) is 15.2 Å². The number of hydrogen-bond donors (Lipinski definition) is 2. The summed E-state index contributed by atoms with van der Waals surface area (Å²) in [5.74, 6) is -2.19. The first-order valence-corrected chi connectivity index (χ1v) is 9.52. The summed E-state index contributed by atoms with van der Waals surface area (Å²) < 4.78 is 27.5. The van der Waals surface area contributed by atoms with Gasteiger partial charge in [0.05, 0.1) is 11.4 Å². The number of anilines is 3. The highest BCUT2D eigenvalue weighted by Crippen LogP contribution is 2.33. The lowest BCUT2D eigenvalue weighted by Gasteiger charge is -2.22. The van der Waals surface area contributed by atoms with Crippen LogP contribution in [0.25, 0.3) is 11.3 Å². The molecule has 2 amide bonds. The lowest BCUT2D eigenvalue weighted by molar-refractivity contribution is 0.0175. The second kappa shape index (κ2) is 8.02. The van der Waals surface area contributed by atoms with Gasteiger partial charge < -0.3 is 5.32 Å². The Morgan fingerprint density at radius 1 is 1.20 bits per heavy atom. The highest BCUT2D eigenvalue weighted by Gasteiger charge is 2.26. The van der Waals surface area contributed by atoms with Crippen LogP contribution in [0, 0.1) is 0 Å². The Balaban J connectivity index is 1.69. The van der Waals surface area contributed by atoms with Gasteiger partial charge in [0.1, 0.15) is 0 Å². The molecule has 2 aromatic heterocycles. The second-order valence-electron chi connectivity index (χ2n) is 7.01. The third-order valence-electron chi connectivity index (χ3n) is 4.72. The molecule has 1 aliphatic heterocycles. The van der Waals surface area contributed by atoms with Gasteiger partial charge in [-0.25, -0.2) is 18.6 Å². The Morgan fingerprint density at radius 3 is 2.83 bits per heavy atom. The van der Waals surface area contributed by atoms with Crippen LogP contribution in [-0.4, -0.2) is 34.3 Å². The van der Waals surface area contributed by atoms with Crippen LogP contribution in [0.5, 0.6) is 0 Å². The Kier molecular flexibility index (Phi) is 5.26. The molecule has 3 heterocycles. The summed E-state index contributed by atoms with van der Waals surface area (Å²) in [6.07, 6.45) is 2.24. The van der Waals surface area contributed by atoms with Gasteiger partial charge in [0.2, 0.25) is 0 Å². The van der Waals surface area contributed by atoms with Gasteiger partial charge in [0, 0.05) is 37.3 Å². The zero-order valence-corrected chi connectivity index (χ0v) is 16.3. The van der Waals surface area contributed by atoms with Crippen molar-refractivity contribution in [1.29, 1.82) is 0 Å². The Hall–Kier alpha value is -3.62. The van der Waals surface area contributed by atoms with Crippen LogP contribution in [0.1, 0.15) is 18.9 Å². The average Bonchev–Trinajstić information content (AvgIpc) is 2.96. The number of nitrogens with one attached hydrogen (secondary N) is 2. The number of hydrogen-bond acceptors (Lipinski definition) is 5. The number of amides is 2. The molecule has 0 fully saturated rings. The predicted octanol–water partition coefficient (Wildman–Crippen LogP) is 4.50. The molecule has 4 rings (SSSR count). The molecular weight excluding hydrogens is 390 g/mol. The molecule has 2 N–H and O–H groups in total. The van der Waals surface area contributed by atoms with E-state index in [2.05, 4.69) is 25.8 Å². The number of urea groups is 1. The van der Waals surface area contributed by atoms with Gasteiger partial charge in [-0.3, -0.25) is 10.2 Å². The van der Waals surface area contributed by atoms with Crippen LogP contribution in [0.2, 0.25) is 0 Å². The van der Waals surface area contributed by atoms with Gasteiger partial charge >= 0.3 is 6.03 Å². The van der Waals surface area contributed by atoms with E-state index in [0.717, 1.165) is 13.3 Å². The number of aromatic nitrogens is 3. The number of pyridine rings is 1. The molecule has 0 radical (unpaired) electrons. The summed E-state index contributed by atoms with van der Waals surface area (Å²) in [6.45, 7) is 1.98. The topological polar surface area (TPSA) is 83.0 Å². The van der Waals surface area contributed by atoms with Crippen molar-refractivity contribution in [3.8, 4) is 11.3 Å². The van der Waals surface area contributed by atoms with Crippen molar-refractivity contribution in [2.24, 2.45) is 0 Å². The average molecular weight is 410 g/mol. The van der Waals surface area contributed by atoms with Gasteiger partial charge in [-0.05, 0) is 36.8 Å². The molecule has 1 aliphatic rings. The number of alkyl halides is 2. The predicted molar refractivity (Wildman–Crippen MR) is 111 cm³/mol. The number of halogens is 2. The largest absolute Gasteiger partial charge is 0.382 e. The first kappa shape index (κ1) is 19.7. The molecule has 1 aromatic carbocycles. The fourth-order valence-electron chi connectivity index (χ4n) is 3.21. The molecule has 0 unspecified atom stereocenters. The van der Waals surface area contributed by atoms with E-state index in [9.17, 15) is 13.6 Å². The summed E-state index contributed by atoms with van der Waals surface area (Å²) in [7, 11) is 0. The van der Waals surface area contributed by atoms with Crippen molar-refractivity contribution < 1.29 is 13.6 Å². The first-order valence-electron chi connectivity index (χ1n) is 9.52. The molecule has 0 saturated carbocycles. The third-order valence-corrected chi connectivity index (χ3v) is 4.72. The maximum absolute atomic E-state index is 13.7. The fourth-order valence-corrected chi connectivity index (χ4v) is 3.21. The summed E-state index contributed by atoms with van der Waals surface area (Å²) >= 11 is 0. The summed E-state index contributed by atoms with van der Waals surface area (Å²) in [6, 6.07) is 12.6. The third kappa shape index (κ3) is 4.19. The second-order valence-corrected chi connectivity index (χ2v) is 7.01. The van der Waals surface area contributed by atoms with E-state index in [1.165, 1.54) is 23.2 Å². The van der Waals surface area contributed by atoms with E-state index >= 15 is 0 Å². The minimum atomic E-state index is -2.95. The molecule has 0 bridgehead atoms. The highest BCUT2D eigenvalue weighted by atomic mass is 19.3. The molecule has 30 heavy (non-hydrogen) atoms. The van der Waals surface area contributed by atoms with Crippen molar-refractivity contribution in [2.75, 3.05) is 28.6 Å². The smallest absolute Gasteiger partial charge is 0.328 e. The number of rotatable bonds is 3. The zero-order valence-electron chi connectivity index (χ0n) is 16.3. The van der Waals surface area contributed by atoms with Crippen LogP contribution in [0.3, 0.4) is 0 Å². The Labute approximate surface area is 172 Å². The monoisotopic (exact) mass is 410 g/mol. The first-order chi connectivity index (χ1) is 14.4. The van der Waals surface area contributed by atoms with Gasteiger partial charge in [-0.15, -0.1) is 5.10 Å². The number of carbonyl (C=O) groups is 1. The molecule has 0 aliphatic carbocycles. The van der Waals surface area contributed by atoms with Gasteiger partial charge in [0.25, 0.3) is 5.92 Å². The molecule has 154 valence electrons. The van der Waals surface area contributed by atoms with Gasteiger partial charge in [-0.1, -0.05) is 18.2 Å². The molecule has 3 aromatic rings. The van der Waals surface area contributed by atoms with E-state index in [0.29, 0.717) is 41.7 Å². The van der Waals surface area contributed by atoms with Crippen LogP contribution in [0.15, 0.2) is 54.7 Å². The van der Waals surface area contributed by atoms with Crippen LogP contribution < -0.4 is 15.5 Å². The van der Waals surface area contributed by atoms with Crippen LogP contribution >= 0.6 is 0 Å². The van der Waals surface area contributed by atoms with E-state index in [1.54, 1.807) is 30.3 Å². The number of fused-ring (bicyclic) bond motifs is 1. The standard InChI is InChI=1S/C21H20F2N6O/c1-21(22,23)15-6-2-5-14(13-15)16-8-9-17-19(26-16)29(12-4-10-24-17)20(30)27-18-7-3-11-25-28-18/h2-3,5-9,11,13,24H,4,10,12H2,1H3,(H,27,28,30). The van der Waals surface area contributed by atoms with Crippen molar-refractivity contribution in [3.63, 3.8) is 0 Å². The lowest BCUT2D eigenvalue weighted by atomic mass is 10.0. The molecule has 7 nitrogen and oxygen atoms in total. The molecule has 0 spiro atoms. The SMILES string of the molecule is CC(F)(F)c1cccc(-c2ccc3c(n2)N(C(=O)Nc2cccnn2)CCCN3)c1. The van der Waals surface area contributed by atoms with E-state index in [4.69, 9.17) is 0 Å². The minimum absolute atomic E-state index is 0.0906. The zero-order chi connectivity index (χ0) is 21.1. The fraction of sp³-hybridized carbons (Fsp3) is 0.238. The van der Waals surface area contributed by atoms with Crippen molar-refractivity contribution in [2.45, 2.75) is 19.3 Å². The van der Waals surface area contributed by atoms with Gasteiger partial charge in [-0.2, -0.15) is 5.10 Å². The quantitative estimate of drug-likeness (QED) is 0.664. The molecular formula is C21H20F2N6O. The minimum Gasteiger partial charge on any atom is -0.382 e. The van der Waals surface area contributed by atoms with E-state index < -0.39 is 5.92 Å². The summed E-state index contributed by atoms with van der Waals surface area (Å²) in [5, 5.41) is 13.6.